The molecule has 1 aromatic carbocycles. The Morgan fingerprint density at radius 1 is 1.43 bits per heavy atom. The van der Waals surface area contributed by atoms with Crippen molar-refractivity contribution in [1.82, 2.24) is 4.31 Å². The number of benzene rings is 1. The van der Waals surface area contributed by atoms with Crippen LogP contribution in [0.25, 0.3) is 0 Å². The van der Waals surface area contributed by atoms with Crippen molar-refractivity contribution in [2.24, 2.45) is 5.92 Å². The second-order valence-corrected chi connectivity index (χ2v) is 7.46. The van der Waals surface area contributed by atoms with Gasteiger partial charge in [-0.25, -0.2) is 8.42 Å². The molecule has 21 heavy (non-hydrogen) atoms. The normalized spacial score (nSPS) is 17.0. The predicted octanol–water partition coefficient (Wildman–Crippen LogP) is 2.00. The molecule has 1 aliphatic carbocycles. The van der Waals surface area contributed by atoms with Gasteiger partial charge in [0.2, 0.25) is 10.0 Å². The van der Waals surface area contributed by atoms with Gasteiger partial charge in [0.05, 0.1) is 18.1 Å². The van der Waals surface area contributed by atoms with Gasteiger partial charge in [0.1, 0.15) is 5.75 Å². The summed E-state index contributed by atoms with van der Waals surface area (Å²) in [6, 6.07) is 4.64. The Balaban J connectivity index is 2.31. The van der Waals surface area contributed by atoms with Crippen LogP contribution in [0.5, 0.6) is 5.75 Å². The van der Waals surface area contributed by atoms with Crippen LogP contribution < -0.4 is 4.74 Å². The summed E-state index contributed by atoms with van der Waals surface area (Å²) >= 11 is 0. The molecule has 1 atom stereocenters. The van der Waals surface area contributed by atoms with Gasteiger partial charge in [0.25, 0.3) is 0 Å². The fourth-order valence-electron chi connectivity index (χ4n) is 2.40. The molecule has 0 spiro atoms. The maximum absolute atomic E-state index is 12.6. The first-order valence-electron chi connectivity index (χ1n) is 7.26. The van der Waals surface area contributed by atoms with Crippen LogP contribution in [0.2, 0.25) is 0 Å². The lowest BCUT2D eigenvalue weighted by molar-refractivity contribution is 0.266. The zero-order valence-corrected chi connectivity index (χ0v) is 13.6. The van der Waals surface area contributed by atoms with Gasteiger partial charge in [-0.1, -0.05) is 0 Å². The molecule has 0 aliphatic heterocycles. The van der Waals surface area contributed by atoms with Gasteiger partial charge in [-0.05, 0) is 50.8 Å². The third kappa shape index (κ3) is 3.39. The molecule has 1 unspecified atom stereocenters. The molecule has 0 aromatic heterocycles. The number of aliphatic hydroxyl groups is 1. The van der Waals surface area contributed by atoms with E-state index in [1.54, 1.807) is 13.1 Å². The highest BCUT2D eigenvalue weighted by Gasteiger charge is 2.36. The van der Waals surface area contributed by atoms with Crippen LogP contribution in [-0.4, -0.2) is 37.5 Å². The summed E-state index contributed by atoms with van der Waals surface area (Å²) in [7, 11) is -1.92. The molecule has 1 aliphatic rings. The molecule has 0 saturated heterocycles. The third-order valence-corrected chi connectivity index (χ3v) is 6.00. The first kappa shape index (κ1) is 16.3. The molecular weight excluding hydrogens is 290 g/mol. The average molecular weight is 313 g/mol. The largest absolute Gasteiger partial charge is 0.494 e. The van der Waals surface area contributed by atoms with Crippen molar-refractivity contribution in [3.63, 3.8) is 0 Å². The molecule has 6 heteroatoms. The van der Waals surface area contributed by atoms with E-state index in [-0.39, 0.29) is 17.5 Å². The minimum absolute atomic E-state index is 0.000792. The highest BCUT2D eigenvalue weighted by molar-refractivity contribution is 7.89. The van der Waals surface area contributed by atoms with E-state index in [0.717, 1.165) is 12.8 Å². The maximum atomic E-state index is 12.6. The van der Waals surface area contributed by atoms with Gasteiger partial charge < -0.3 is 9.84 Å². The molecule has 5 nitrogen and oxygen atoms in total. The summed E-state index contributed by atoms with van der Waals surface area (Å²) in [5.41, 5.74) is 0.491. The Morgan fingerprint density at radius 3 is 2.62 bits per heavy atom. The fourth-order valence-corrected chi connectivity index (χ4v) is 3.87. The van der Waals surface area contributed by atoms with Gasteiger partial charge in [-0.15, -0.1) is 0 Å². The Kier molecular flexibility index (Phi) is 4.91. The number of nitrogens with zero attached hydrogens (tertiary/aromatic N) is 1. The number of aliphatic hydroxyl groups excluding tert-OH is 1. The van der Waals surface area contributed by atoms with Crippen LogP contribution in [-0.2, 0) is 16.6 Å². The van der Waals surface area contributed by atoms with Crippen molar-refractivity contribution in [3.05, 3.63) is 23.8 Å². The van der Waals surface area contributed by atoms with Crippen molar-refractivity contribution in [2.75, 3.05) is 13.7 Å². The van der Waals surface area contributed by atoms with Crippen molar-refractivity contribution >= 4 is 10.0 Å². The zero-order chi connectivity index (χ0) is 15.6. The van der Waals surface area contributed by atoms with Crippen molar-refractivity contribution in [3.8, 4) is 5.75 Å². The molecule has 1 saturated carbocycles. The van der Waals surface area contributed by atoms with E-state index in [0.29, 0.717) is 23.8 Å². The van der Waals surface area contributed by atoms with Gasteiger partial charge in [0.15, 0.2) is 0 Å². The first-order chi connectivity index (χ1) is 9.91. The third-order valence-electron chi connectivity index (χ3n) is 4.06. The molecule has 0 heterocycles. The van der Waals surface area contributed by atoms with E-state index < -0.39 is 10.0 Å². The number of hydrogen-bond donors (Lipinski definition) is 1. The lowest BCUT2D eigenvalue weighted by Gasteiger charge is -2.24. The number of sulfonamides is 1. The SMILES string of the molecule is CCOc1ccc(S(=O)(=O)N(C)C(C)C2CC2)cc1CO. The lowest BCUT2D eigenvalue weighted by atomic mass is 10.2. The monoisotopic (exact) mass is 313 g/mol. The Bertz CT molecular complexity index is 596. The summed E-state index contributed by atoms with van der Waals surface area (Å²) in [6.07, 6.45) is 2.18. The second kappa shape index (κ2) is 6.34. The van der Waals surface area contributed by atoms with Crippen LogP contribution in [0.15, 0.2) is 23.1 Å². The summed E-state index contributed by atoms with van der Waals surface area (Å²) < 4.78 is 32.1. The number of ether oxygens (including phenoxy) is 1. The minimum atomic E-state index is -3.54. The van der Waals surface area contributed by atoms with E-state index in [1.165, 1.54) is 16.4 Å². The summed E-state index contributed by atoms with van der Waals surface area (Å²) in [6.45, 7) is 4.01. The minimum Gasteiger partial charge on any atom is -0.494 e. The summed E-state index contributed by atoms with van der Waals surface area (Å²) in [5, 5.41) is 9.39. The van der Waals surface area contributed by atoms with Gasteiger partial charge in [-0.2, -0.15) is 4.31 Å². The van der Waals surface area contributed by atoms with E-state index in [4.69, 9.17) is 4.74 Å². The highest BCUT2D eigenvalue weighted by atomic mass is 32.2. The van der Waals surface area contributed by atoms with Crippen molar-refractivity contribution in [1.29, 1.82) is 0 Å². The smallest absolute Gasteiger partial charge is 0.243 e. The maximum Gasteiger partial charge on any atom is 0.243 e. The van der Waals surface area contributed by atoms with Gasteiger partial charge in [-0.3, -0.25) is 0 Å². The fraction of sp³-hybridized carbons (Fsp3) is 0.600. The first-order valence-corrected chi connectivity index (χ1v) is 8.70. The topological polar surface area (TPSA) is 66.8 Å². The van der Waals surface area contributed by atoms with Crippen LogP contribution in [0.3, 0.4) is 0 Å². The van der Waals surface area contributed by atoms with Crippen LogP contribution in [0.4, 0.5) is 0 Å². The van der Waals surface area contributed by atoms with E-state index in [1.807, 2.05) is 13.8 Å². The molecular formula is C15H23NO4S. The summed E-state index contributed by atoms with van der Waals surface area (Å²) in [4.78, 5) is 0.199. The molecule has 1 N–H and O–H groups in total. The van der Waals surface area contributed by atoms with Crippen LogP contribution in [0.1, 0.15) is 32.3 Å². The predicted molar refractivity (Wildman–Crippen MR) is 80.7 cm³/mol. The summed E-state index contributed by atoms with van der Waals surface area (Å²) in [5.74, 6) is 0.988. The molecule has 1 aromatic rings. The molecule has 0 radical (unpaired) electrons. The Labute approximate surface area is 126 Å². The van der Waals surface area contributed by atoms with Gasteiger partial charge >= 0.3 is 0 Å². The standard InChI is InChI=1S/C15H23NO4S/c1-4-20-15-8-7-14(9-13(15)10-17)21(18,19)16(3)11(2)12-5-6-12/h7-9,11-12,17H,4-6,10H2,1-3H3. The average Bonchev–Trinajstić information content (AvgIpc) is 3.30. The second-order valence-electron chi connectivity index (χ2n) is 5.46. The number of rotatable bonds is 7. The Morgan fingerprint density at radius 2 is 2.10 bits per heavy atom. The lowest BCUT2D eigenvalue weighted by Crippen LogP contribution is -2.36. The van der Waals surface area contributed by atoms with E-state index in [9.17, 15) is 13.5 Å². The molecule has 2 rings (SSSR count). The molecule has 1 fully saturated rings. The molecule has 0 amide bonds. The quantitative estimate of drug-likeness (QED) is 0.836. The number of hydrogen-bond acceptors (Lipinski definition) is 4. The molecule has 0 bridgehead atoms. The van der Waals surface area contributed by atoms with E-state index in [2.05, 4.69) is 0 Å². The Hall–Kier alpha value is -1.11. The highest BCUT2D eigenvalue weighted by Crippen LogP contribution is 2.36. The van der Waals surface area contributed by atoms with Crippen LogP contribution in [0, 0.1) is 5.92 Å². The van der Waals surface area contributed by atoms with Crippen LogP contribution >= 0.6 is 0 Å². The van der Waals surface area contributed by atoms with E-state index >= 15 is 0 Å². The van der Waals surface area contributed by atoms with Crippen molar-refractivity contribution in [2.45, 2.75) is 44.2 Å². The van der Waals surface area contributed by atoms with Gasteiger partial charge in [0, 0.05) is 18.7 Å². The zero-order valence-electron chi connectivity index (χ0n) is 12.7. The molecule has 118 valence electrons. The van der Waals surface area contributed by atoms with Crippen molar-refractivity contribution < 1.29 is 18.3 Å².